The maximum absolute atomic E-state index is 12.1. The minimum Gasteiger partial charge on any atom is -0.462 e. The second kappa shape index (κ2) is 4.12. The van der Waals surface area contributed by atoms with Crippen LogP contribution in [0.4, 0.5) is 0 Å². The number of amides is 1. The largest absolute Gasteiger partial charge is 0.462 e. The summed E-state index contributed by atoms with van der Waals surface area (Å²) in [6, 6.07) is 0. The molecule has 0 aromatic carbocycles. The molecule has 1 unspecified atom stereocenters. The van der Waals surface area contributed by atoms with Gasteiger partial charge in [0.2, 0.25) is 0 Å². The second-order valence-electron chi connectivity index (χ2n) is 3.95. The molecule has 0 saturated carbocycles. The number of nitrogens with one attached hydrogen (secondary N) is 2. The summed E-state index contributed by atoms with van der Waals surface area (Å²) in [5, 5.41) is 4.46. The minimum atomic E-state index is -0.590. The van der Waals surface area contributed by atoms with Gasteiger partial charge in [-0.1, -0.05) is 0 Å². The molecule has 6 nitrogen and oxygen atoms in total. The van der Waals surface area contributed by atoms with Gasteiger partial charge in [0, 0.05) is 11.4 Å². The summed E-state index contributed by atoms with van der Waals surface area (Å²) in [6.07, 6.45) is 1.64. The predicted octanol–water partition coefficient (Wildman–Crippen LogP) is 0.00340. The standard InChI is InChI=1S/C11H15N3O3/c1-4-17-11(16)9-7(3)12-8-5-6(2)13-14(8)10(9)15/h5,8,12-13H,4H2,1-3H3. The normalized spacial score (nSPS) is 22.8. The van der Waals surface area contributed by atoms with E-state index in [1.54, 1.807) is 13.8 Å². The van der Waals surface area contributed by atoms with Crippen LogP contribution >= 0.6 is 0 Å². The van der Waals surface area contributed by atoms with Gasteiger partial charge in [0.25, 0.3) is 5.91 Å². The van der Waals surface area contributed by atoms with Gasteiger partial charge in [-0.2, -0.15) is 0 Å². The average Bonchev–Trinajstić information content (AvgIpc) is 2.59. The van der Waals surface area contributed by atoms with E-state index in [9.17, 15) is 9.59 Å². The summed E-state index contributed by atoms with van der Waals surface area (Å²) in [7, 11) is 0. The quantitative estimate of drug-likeness (QED) is 0.522. The smallest absolute Gasteiger partial charge is 0.345 e. The number of hydrogen-bond donors (Lipinski definition) is 2. The molecule has 0 saturated heterocycles. The number of carbonyl (C=O) groups is 2. The van der Waals surface area contributed by atoms with E-state index in [0.717, 1.165) is 5.70 Å². The topological polar surface area (TPSA) is 70.7 Å². The fourth-order valence-corrected chi connectivity index (χ4v) is 1.91. The van der Waals surface area contributed by atoms with Crippen LogP contribution in [0.15, 0.2) is 23.0 Å². The Labute approximate surface area is 99.3 Å². The molecule has 2 N–H and O–H groups in total. The second-order valence-corrected chi connectivity index (χ2v) is 3.95. The van der Waals surface area contributed by atoms with Gasteiger partial charge >= 0.3 is 5.97 Å². The zero-order valence-electron chi connectivity index (χ0n) is 10.0. The van der Waals surface area contributed by atoms with Crippen molar-refractivity contribution in [3.05, 3.63) is 23.0 Å². The van der Waals surface area contributed by atoms with Crippen LogP contribution in [-0.2, 0) is 14.3 Å². The molecule has 2 heterocycles. The van der Waals surface area contributed by atoms with Gasteiger partial charge in [0.05, 0.1) is 6.61 Å². The first-order valence-electron chi connectivity index (χ1n) is 5.47. The average molecular weight is 237 g/mol. The SMILES string of the molecule is CCOC(=O)C1=C(C)NC2C=C(C)NN2C1=O. The number of fused-ring (bicyclic) bond motifs is 1. The van der Waals surface area contributed by atoms with Crippen molar-refractivity contribution in [2.75, 3.05) is 6.61 Å². The van der Waals surface area contributed by atoms with Gasteiger partial charge in [-0.3, -0.25) is 10.2 Å². The molecule has 1 atom stereocenters. The molecular formula is C11H15N3O3. The van der Waals surface area contributed by atoms with E-state index in [1.165, 1.54) is 5.01 Å². The van der Waals surface area contributed by atoms with E-state index in [1.807, 2.05) is 13.0 Å². The van der Waals surface area contributed by atoms with Crippen LogP contribution in [0.25, 0.3) is 0 Å². The van der Waals surface area contributed by atoms with Gasteiger partial charge in [-0.15, -0.1) is 0 Å². The van der Waals surface area contributed by atoms with E-state index in [0.29, 0.717) is 5.70 Å². The van der Waals surface area contributed by atoms with Crippen molar-refractivity contribution in [1.82, 2.24) is 15.8 Å². The molecule has 0 aliphatic carbocycles. The highest BCUT2D eigenvalue weighted by Crippen LogP contribution is 2.21. The number of rotatable bonds is 2. The number of carbonyl (C=O) groups excluding carboxylic acids is 2. The molecular weight excluding hydrogens is 222 g/mol. The van der Waals surface area contributed by atoms with E-state index in [2.05, 4.69) is 10.7 Å². The number of esters is 1. The molecule has 2 aliphatic rings. The Kier molecular flexibility index (Phi) is 2.79. The van der Waals surface area contributed by atoms with Crippen LogP contribution in [0.3, 0.4) is 0 Å². The highest BCUT2D eigenvalue weighted by molar-refractivity contribution is 6.17. The summed E-state index contributed by atoms with van der Waals surface area (Å²) in [6.45, 7) is 5.50. The molecule has 0 spiro atoms. The van der Waals surface area contributed by atoms with Crippen LogP contribution in [0, 0.1) is 0 Å². The van der Waals surface area contributed by atoms with Crippen LogP contribution < -0.4 is 10.7 Å². The summed E-state index contributed by atoms with van der Waals surface area (Å²) in [4.78, 5) is 23.8. The van der Waals surface area contributed by atoms with Crippen molar-refractivity contribution in [2.24, 2.45) is 0 Å². The lowest BCUT2D eigenvalue weighted by molar-refractivity contribution is -0.144. The minimum absolute atomic E-state index is 0.0544. The fraction of sp³-hybridized carbons (Fsp3) is 0.455. The maximum atomic E-state index is 12.1. The van der Waals surface area contributed by atoms with E-state index in [-0.39, 0.29) is 24.3 Å². The van der Waals surface area contributed by atoms with E-state index in [4.69, 9.17) is 4.74 Å². The van der Waals surface area contributed by atoms with Gasteiger partial charge < -0.3 is 10.1 Å². The van der Waals surface area contributed by atoms with Crippen LogP contribution in [-0.4, -0.2) is 29.7 Å². The lowest BCUT2D eigenvalue weighted by atomic mass is 10.1. The van der Waals surface area contributed by atoms with Crippen molar-refractivity contribution in [2.45, 2.75) is 26.9 Å². The number of hydrazine groups is 1. The first-order valence-corrected chi connectivity index (χ1v) is 5.47. The van der Waals surface area contributed by atoms with Gasteiger partial charge in [-0.25, -0.2) is 9.80 Å². The third kappa shape index (κ3) is 1.86. The lowest BCUT2D eigenvalue weighted by Crippen LogP contribution is -2.55. The van der Waals surface area contributed by atoms with Gasteiger partial charge in [-0.05, 0) is 26.8 Å². The highest BCUT2D eigenvalue weighted by atomic mass is 16.5. The number of allylic oxidation sites excluding steroid dienone is 2. The number of hydrogen-bond acceptors (Lipinski definition) is 5. The predicted molar refractivity (Wildman–Crippen MR) is 60.0 cm³/mol. The highest BCUT2D eigenvalue weighted by Gasteiger charge is 2.38. The maximum Gasteiger partial charge on any atom is 0.345 e. The van der Waals surface area contributed by atoms with Crippen molar-refractivity contribution in [3.8, 4) is 0 Å². The van der Waals surface area contributed by atoms with E-state index < -0.39 is 5.97 Å². The molecule has 0 aromatic heterocycles. The third-order valence-electron chi connectivity index (χ3n) is 2.63. The monoisotopic (exact) mass is 237 g/mol. The third-order valence-corrected chi connectivity index (χ3v) is 2.63. The lowest BCUT2D eigenvalue weighted by Gasteiger charge is -2.32. The molecule has 0 aromatic rings. The number of nitrogens with zero attached hydrogens (tertiary/aromatic N) is 1. The first kappa shape index (κ1) is 11.5. The number of ether oxygens (including phenoxy) is 1. The van der Waals surface area contributed by atoms with Gasteiger partial charge in [0.15, 0.2) is 0 Å². The summed E-state index contributed by atoms with van der Waals surface area (Å²) >= 11 is 0. The molecule has 2 aliphatic heterocycles. The van der Waals surface area contributed by atoms with Crippen LogP contribution in [0.1, 0.15) is 20.8 Å². The zero-order valence-corrected chi connectivity index (χ0v) is 10.0. The van der Waals surface area contributed by atoms with Crippen LogP contribution in [0.5, 0.6) is 0 Å². The van der Waals surface area contributed by atoms with Gasteiger partial charge in [0.1, 0.15) is 11.7 Å². The molecule has 0 bridgehead atoms. The first-order chi connectivity index (χ1) is 8.04. The van der Waals surface area contributed by atoms with Crippen molar-refractivity contribution < 1.29 is 14.3 Å². The summed E-state index contributed by atoms with van der Waals surface area (Å²) in [5.41, 5.74) is 4.36. The fourth-order valence-electron chi connectivity index (χ4n) is 1.91. The Hall–Kier alpha value is -1.98. The van der Waals surface area contributed by atoms with Crippen LogP contribution in [0.2, 0.25) is 0 Å². The molecule has 92 valence electrons. The van der Waals surface area contributed by atoms with E-state index >= 15 is 0 Å². The Morgan fingerprint density at radius 1 is 1.53 bits per heavy atom. The molecule has 6 heteroatoms. The molecule has 1 amide bonds. The Bertz CT molecular complexity index is 439. The van der Waals surface area contributed by atoms with Crippen molar-refractivity contribution >= 4 is 11.9 Å². The molecule has 17 heavy (non-hydrogen) atoms. The molecule has 2 rings (SSSR count). The Balaban J connectivity index is 2.27. The Morgan fingerprint density at radius 3 is 2.88 bits per heavy atom. The van der Waals surface area contributed by atoms with Crippen molar-refractivity contribution in [1.29, 1.82) is 0 Å². The molecule has 0 radical (unpaired) electrons. The Morgan fingerprint density at radius 2 is 2.24 bits per heavy atom. The molecule has 0 fully saturated rings. The zero-order chi connectivity index (χ0) is 12.6. The summed E-state index contributed by atoms with van der Waals surface area (Å²) in [5.74, 6) is -0.954. The van der Waals surface area contributed by atoms with Crippen molar-refractivity contribution in [3.63, 3.8) is 0 Å². The summed E-state index contributed by atoms with van der Waals surface area (Å²) < 4.78 is 4.87.